The van der Waals surface area contributed by atoms with E-state index in [0.717, 1.165) is 21.6 Å². The number of nitrogens with zero attached hydrogens (tertiary/aromatic N) is 2. The molecule has 2 aromatic heterocycles. The number of nitrogens with one attached hydrogen (secondary N) is 1. The van der Waals surface area contributed by atoms with Gasteiger partial charge in [-0.15, -0.1) is 11.3 Å². The van der Waals surface area contributed by atoms with E-state index in [1.807, 2.05) is 13.0 Å². The second-order valence-electron chi connectivity index (χ2n) is 5.45. The Kier molecular flexibility index (Phi) is 4.17. The summed E-state index contributed by atoms with van der Waals surface area (Å²) in [5.74, 6) is 0.657. The number of methoxy groups -OCH3 is 1. The molecule has 1 N–H and O–H groups in total. The van der Waals surface area contributed by atoms with Crippen LogP contribution < -0.4 is 10.1 Å². The normalized spacial score (nSPS) is 12.4. The van der Waals surface area contributed by atoms with E-state index in [1.165, 1.54) is 23.6 Å². The van der Waals surface area contributed by atoms with Crippen molar-refractivity contribution in [2.24, 2.45) is 0 Å². The molecule has 3 rings (SSSR count). The summed E-state index contributed by atoms with van der Waals surface area (Å²) in [4.78, 5) is 10.9. The summed E-state index contributed by atoms with van der Waals surface area (Å²) in [6, 6.07) is 4.89. The van der Waals surface area contributed by atoms with Gasteiger partial charge in [0, 0.05) is 4.88 Å². The van der Waals surface area contributed by atoms with Crippen molar-refractivity contribution in [3.05, 3.63) is 46.3 Å². The van der Waals surface area contributed by atoms with Crippen LogP contribution in [0, 0.1) is 19.7 Å². The Morgan fingerprint density at radius 1 is 1.26 bits per heavy atom. The highest BCUT2D eigenvalue weighted by Crippen LogP contribution is 2.34. The Balaban J connectivity index is 1.94. The first-order valence-electron chi connectivity index (χ1n) is 7.32. The number of thiophene rings is 1. The zero-order chi connectivity index (χ0) is 16.6. The van der Waals surface area contributed by atoms with Crippen LogP contribution in [0.1, 0.15) is 29.0 Å². The Hall–Kier alpha value is -2.21. The summed E-state index contributed by atoms with van der Waals surface area (Å²) in [7, 11) is 1.46. The molecule has 2 heterocycles. The largest absolute Gasteiger partial charge is 0.494 e. The van der Waals surface area contributed by atoms with E-state index < -0.39 is 0 Å². The first-order chi connectivity index (χ1) is 11.0. The fraction of sp³-hybridized carbons (Fsp3) is 0.294. The van der Waals surface area contributed by atoms with Gasteiger partial charge in [0.05, 0.1) is 18.5 Å². The van der Waals surface area contributed by atoms with Gasteiger partial charge in [0.1, 0.15) is 17.0 Å². The van der Waals surface area contributed by atoms with Gasteiger partial charge in [0.25, 0.3) is 0 Å². The highest BCUT2D eigenvalue weighted by atomic mass is 32.1. The molecular weight excluding hydrogens is 313 g/mol. The minimum absolute atomic E-state index is 0.0897. The van der Waals surface area contributed by atoms with Crippen LogP contribution in [-0.4, -0.2) is 17.1 Å². The van der Waals surface area contributed by atoms with Crippen molar-refractivity contribution in [1.82, 2.24) is 9.97 Å². The molecule has 1 atom stereocenters. The third-order valence-corrected chi connectivity index (χ3v) is 5.11. The Morgan fingerprint density at radius 2 is 2.04 bits per heavy atom. The maximum Gasteiger partial charge on any atom is 0.165 e. The van der Waals surface area contributed by atoms with Gasteiger partial charge in [-0.25, -0.2) is 14.4 Å². The van der Waals surface area contributed by atoms with Crippen molar-refractivity contribution < 1.29 is 9.13 Å². The van der Waals surface area contributed by atoms with Crippen molar-refractivity contribution in [2.75, 3.05) is 12.4 Å². The number of ether oxygens (including phenoxy) is 1. The number of halogens is 1. The second kappa shape index (κ2) is 6.12. The van der Waals surface area contributed by atoms with Gasteiger partial charge in [-0.05, 0) is 44.0 Å². The van der Waals surface area contributed by atoms with Crippen molar-refractivity contribution >= 4 is 27.4 Å². The lowest BCUT2D eigenvalue weighted by atomic mass is 10.1. The maximum absolute atomic E-state index is 13.9. The molecule has 0 saturated carbocycles. The average Bonchev–Trinajstić information content (AvgIpc) is 2.83. The number of hydrogen-bond acceptors (Lipinski definition) is 5. The molecule has 23 heavy (non-hydrogen) atoms. The summed E-state index contributed by atoms with van der Waals surface area (Å²) in [5, 5.41) is 4.41. The lowest BCUT2D eigenvalue weighted by Crippen LogP contribution is -2.09. The lowest BCUT2D eigenvalue weighted by molar-refractivity contribution is 0.386. The highest BCUT2D eigenvalue weighted by Gasteiger charge is 2.15. The minimum atomic E-state index is -0.367. The topological polar surface area (TPSA) is 47.0 Å². The molecule has 0 spiro atoms. The van der Waals surface area contributed by atoms with Crippen molar-refractivity contribution in [3.63, 3.8) is 0 Å². The molecule has 120 valence electrons. The summed E-state index contributed by atoms with van der Waals surface area (Å²) in [6.07, 6.45) is 1.56. The molecule has 6 heteroatoms. The fourth-order valence-electron chi connectivity index (χ4n) is 2.53. The summed E-state index contributed by atoms with van der Waals surface area (Å²) in [5.41, 5.74) is 2.01. The molecule has 0 aliphatic rings. The third-order valence-electron chi connectivity index (χ3n) is 3.99. The Morgan fingerprint density at radius 3 is 2.74 bits per heavy atom. The Bertz CT molecular complexity index is 862. The fourth-order valence-corrected chi connectivity index (χ4v) is 3.53. The van der Waals surface area contributed by atoms with Crippen LogP contribution in [-0.2, 0) is 0 Å². The van der Waals surface area contributed by atoms with Gasteiger partial charge in [-0.3, -0.25) is 0 Å². The Labute approximate surface area is 138 Å². The quantitative estimate of drug-likeness (QED) is 0.757. The zero-order valence-electron chi connectivity index (χ0n) is 13.5. The summed E-state index contributed by atoms with van der Waals surface area (Å²) < 4.78 is 18.9. The number of rotatable bonds is 4. The van der Waals surface area contributed by atoms with E-state index in [1.54, 1.807) is 23.7 Å². The van der Waals surface area contributed by atoms with Crippen LogP contribution in [0.25, 0.3) is 10.2 Å². The molecule has 1 aromatic carbocycles. The summed E-state index contributed by atoms with van der Waals surface area (Å²) >= 11 is 1.66. The van der Waals surface area contributed by atoms with Crippen LogP contribution in [0.4, 0.5) is 10.2 Å². The lowest BCUT2D eigenvalue weighted by Gasteiger charge is -2.16. The molecule has 0 radical (unpaired) electrons. The standard InChI is InChI=1S/C17H18FN3OS/c1-9-11(3)23-17-15(9)16(19-8-20-17)21-10(2)12-5-6-14(22-4)13(18)7-12/h5-8,10H,1-4H3,(H,19,20,21)/t10-/m1/s1. The molecule has 0 aliphatic heterocycles. The molecule has 4 nitrogen and oxygen atoms in total. The van der Waals surface area contributed by atoms with E-state index in [2.05, 4.69) is 29.1 Å². The minimum Gasteiger partial charge on any atom is -0.494 e. The molecule has 0 bridgehead atoms. The highest BCUT2D eigenvalue weighted by molar-refractivity contribution is 7.18. The van der Waals surface area contributed by atoms with Crippen molar-refractivity contribution in [2.45, 2.75) is 26.8 Å². The van der Waals surface area contributed by atoms with Crippen LogP contribution in [0.5, 0.6) is 5.75 Å². The molecular formula is C17H18FN3OS. The average molecular weight is 331 g/mol. The monoisotopic (exact) mass is 331 g/mol. The first kappa shape index (κ1) is 15.7. The number of aryl methyl sites for hydroxylation is 2. The van der Waals surface area contributed by atoms with Gasteiger partial charge in [0.15, 0.2) is 11.6 Å². The van der Waals surface area contributed by atoms with Crippen LogP contribution in [0.3, 0.4) is 0 Å². The van der Waals surface area contributed by atoms with E-state index in [0.29, 0.717) is 0 Å². The third kappa shape index (κ3) is 2.86. The van der Waals surface area contributed by atoms with Crippen LogP contribution >= 0.6 is 11.3 Å². The van der Waals surface area contributed by atoms with E-state index >= 15 is 0 Å². The van der Waals surface area contributed by atoms with Crippen molar-refractivity contribution in [3.8, 4) is 5.75 Å². The van der Waals surface area contributed by atoms with Gasteiger partial charge in [-0.1, -0.05) is 6.07 Å². The van der Waals surface area contributed by atoms with Gasteiger partial charge in [-0.2, -0.15) is 0 Å². The molecule has 3 aromatic rings. The van der Waals surface area contributed by atoms with Crippen LogP contribution in [0.2, 0.25) is 0 Å². The number of fused-ring (bicyclic) bond motifs is 1. The van der Waals surface area contributed by atoms with Crippen LogP contribution in [0.15, 0.2) is 24.5 Å². The number of aromatic nitrogens is 2. The summed E-state index contributed by atoms with van der Waals surface area (Å²) in [6.45, 7) is 6.12. The predicted octanol–water partition coefficient (Wildman–Crippen LogP) is 4.63. The van der Waals surface area contributed by atoms with E-state index in [9.17, 15) is 4.39 Å². The molecule has 0 amide bonds. The number of benzene rings is 1. The van der Waals surface area contributed by atoms with Crippen molar-refractivity contribution in [1.29, 1.82) is 0 Å². The van der Waals surface area contributed by atoms with E-state index in [-0.39, 0.29) is 17.6 Å². The molecule has 0 aliphatic carbocycles. The number of hydrogen-bond donors (Lipinski definition) is 1. The zero-order valence-corrected chi connectivity index (χ0v) is 14.3. The van der Waals surface area contributed by atoms with Gasteiger partial charge >= 0.3 is 0 Å². The molecule has 0 unspecified atom stereocenters. The SMILES string of the molecule is COc1ccc([C@@H](C)Nc2ncnc3sc(C)c(C)c23)cc1F. The van der Waals surface area contributed by atoms with E-state index in [4.69, 9.17) is 4.74 Å². The van der Waals surface area contributed by atoms with Gasteiger partial charge in [0.2, 0.25) is 0 Å². The maximum atomic E-state index is 13.9. The molecule has 0 saturated heterocycles. The van der Waals surface area contributed by atoms with Gasteiger partial charge < -0.3 is 10.1 Å². The smallest absolute Gasteiger partial charge is 0.165 e. The predicted molar refractivity (Wildman–Crippen MR) is 91.9 cm³/mol. The number of anilines is 1. The second-order valence-corrected chi connectivity index (χ2v) is 6.65. The molecule has 0 fully saturated rings. The first-order valence-corrected chi connectivity index (χ1v) is 8.13.